The molecule has 0 aliphatic heterocycles. The van der Waals surface area contributed by atoms with Crippen molar-refractivity contribution < 1.29 is 37.0 Å². The molecule has 2 aromatic rings. The lowest BCUT2D eigenvalue weighted by molar-refractivity contribution is -0.608. The van der Waals surface area contributed by atoms with Gasteiger partial charge in [-0.15, -0.1) is 13.2 Å². The molecule has 138 valence electrons. The molecule has 1 atom stereocenters. The minimum atomic E-state index is -4.82. The highest BCUT2D eigenvalue weighted by molar-refractivity contribution is 5.96. The van der Waals surface area contributed by atoms with Crippen molar-refractivity contribution in [1.29, 1.82) is 0 Å². The molecule has 0 aliphatic rings. The molecule has 0 radical (unpaired) electrons. The summed E-state index contributed by atoms with van der Waals surface area (Å²) in [4.78, 5) is 23.9. The van der Waals surface area contributed by atoms with Gasteiger partial charge in [0.25, 0.3) is 5.91 Å². The van der Waals surface area contributed by atoms with Gasteiger partial charge in [-0.1, -0.05) is 0 Å². The predicted octanol–water partition coefficient (Wildman–Crippen LogP) is 2.40. The molecular weight excluding hydrogens is 357 g/mol. The summed E-state index contributed by atoms with van der Waals surface area (Å²) in [7, 11) is 0. The summed E-state index contributed by atoms with van der Waals surface area (Å²) in [6, 6.07) is 8.53. The van der Waals surface area contributed by atoms with Gasteiger partial charge in [0.15, 0.2) is 12.3 Å². The average molecular weight is 370 g/mol. The van der Waals surface area contributed by atoms with Crippen LogP contribution in [0.5, 0.6) is 5.75 Å². The summed E-state index contributed by atoms with van der Waals surface area (Å²) >= 11 is 0. The fourth-order valence-corrected chi connectivity index (χ4v) is 1.84. The number of rotatable bonds is 5. The fraction of sp³-hybridized carbons (Fsp3) is 0.188. The number of pyridine rings is 1. The van der Waals surface area contributed by atoms with Gasteiger partial charge in [0.05, 0.1) is 0 Å². The van der Waals surface area contributed by atoms with Crippen LogP contribution in [0.1, 0.15) is 17.4 Å². The largest absolute Gasteiger partial charge is 0.618 e. The standard InChI is InChI=1S/C16H13F3N2O5/c1-10(25-15(23)13-4-2-3-9-21(13)24)14(22)20-11-5-7-12(8-6-11)26-16(17,18)19/h2-10H,1H3,(H,20,22)/t10-/m1/s1. The Morgan fingerprint density at radius 2 is 1.81 bits per heavy atom. The maximum Gasteiger partial charge on any atom is 0.573 e. The Labute approximate surface area is 145 Å². The quantitative estimate of drug-likeness (QED) is 0.496. The van der Waals surface area contributed by atoms with Gasteiger partial charge in [-0.25, -0.2) is 4.79 Å². The molecule has 0 saturated carbocycles. The second-order valence-corrected chi connectivity index (χ2v) is 5.02. The predicted molar refractivity (Wildman–Crippen MR) is 82.0 cm³/mol. The van der Waals surface area contributed by atoms with Crippen LogP contribution in [0.15, 0.2) is 48.7 Å². The molecule has 1 aromatic carbocycles. The Hall–Kier alpha value is -3.30. The van der Waals surface area contributed by atoms with E-state index < -0.39 is 30.1 Å². The molecule has 0 saturated heterocycles. The summed E-state index contributed by atoms with van der Waals surface area (Å²) in [6.07, 6.45) is -4.95. The van der Waals surface area contributed by atoms with Crippen LogP contribution >= 0.6 is 0 Å². The zero-order valence-corrected chi connectivity index (χ0v) is 13.3. The first-order chi connectivity index (χ1) is 12.2. The van der Waals surface area contributed by atoms with Gasteiger partial charge in [-0.05, 0) is 37.3 Å². The zero-order valence-electron chi connectivity index (χ0n) is 13.3. The number of ether oxygens (including phenoxy) is 2. The summed E-state index contributed by atoms with van der Waals surface area (Å²) in [5.74, 6) is -2.16. The SMILES string of the molecule is C[C@@H](OC(=O)c1cccc[n+]1[O-])C(=O)Nc1ccc(OC(F)(F)F)cc1. The number of amides is 1. The third kappa shape index (κ3) is 5.36. The second kappa shape index (κ2) is 7.72. The molecule has 7 nitrogen and oxygen atoms in total. The van der Waals surface area contributed by atoms with E-state index in [1.165, 1.54) is 37.3 Å². The second-order valence-electron chi connectivity index (χ2n) is 5.02. The molecule has 1 heterocycles. The van der Waals surface area contributed by atoms with E-state index in [0.29, 0.717) is 4.73 Å². The van der Waals surface area contributed by atoms with Gasteiger partial charge < -0.3 is 20.0 Å². The number of anilines is 1. The maximum atomic E-state index is 12.1. The van der Waals surface area contributed by atoms with Gasteiger partial charge in [0.1, 0.15) is 5.75 Å². The smallest absolute Gasteiger partial charge is 0.573 e. The van der Waals surface area contributed by atoms with E-state index in [4.69, 9.17) is 4.74 Å². The van der Waals surface area contributed by atoms with Crippen LogP contribution in [0, 0.1) is 5.21 Å². The summed E-state index contributed by atoms with van der Waals surface area (Å²) in [5.41, 5.74) is -0.119. The number of nitrogens with one attached hydrogen (secondary N) is 1. The summed E-state index contributed by atoms with van der Waals surface area (Å²) in [6.45, 7) is 1.28. The molecule has 0 aliphatic carbocycles. The van der Waals surface area contributed by atoms with Gasteiger partial charge >= 0.3 is 18.0 Å². The Kier molecular flexibility index (Phi) is 5.65. The highest BCUT2D eigenvalue weighted by atomic mass is 19.4. The Bertz CT molecular complexity index is 793. The molecule has 2 rings (SSSR count). The lowest BCUT2D eigenvalue weighted by Crippen LogP contribution is -2.37. The van der Waals surface area contributed by atoms with E-state index in [1.807, 2.05) is 0 Å². The van der Waals surface area contributed by atoms with Crippen LogP contribution in [0.3, 0.4) is 0 Å². The van der Waals surface area contributed by atoms with Crippen molar-refractivity contribution in [3.63, 3.8) is 0 Å². The van der Waals surface area contributed by atoms with E-state index in [-0.39, 0.29) is 11.4 Å². The van der Waals surface area contributed by atoms with Gasteiger partial charge in [0.2, 0.25) is 0 Å². The van der Waals surface area contributed by atoms with Crippen molar-refractivity contribution in [1.82, 2.24) is 0 Å². The summed E-state index contributed by atoms with van der Waals surface area (Å²) in [5, 5.41) is 13.8. The third-order valence-electron chi connectivity index (χ3n) is 3.04. The molecule has 0 unspecified atom stereocenters. The lowest BCUT2D eigenvalue weighted by Gasteiger charge is -2.14. The number of esters is 1. The van der Waals surface area contributed by atoms with Gasteiger partial charge in [-0.2, -0.15) is 4.73 Å². The number of benzene rings is 1. The van der Waals surface area contributed by atoms with Gasteiger partial charge in [0, 0.05) is 17.8 Å². The summed E-state index contributed by atoms with van der Waals surface area (Å²) < 4.78 is 45.2. The van der Waals surface area contributed by atoms with Crippen molar-refractivity contribution in [2.24, 2.45) is 0 Å². The molecular formula is C16H13F3N2O5. The zero-order chi connectivity index (χ0) is 19.3. The highest BCUT2D eigenvalue weighted by Gasteiger charge is 2.31. The van der Waals surface area contributed by atoms with Crippen LogP contribution in [0.2, 0.25) is 0 Å². The number of carbonyl (C=O) groups is 2. The molecule has 10 heteroatoms. The first-order valence-electron chi connectivity index (χ1n) is 7.21. The molecule has 26 heavy (non-hydrogen) atoms. The minimum absolute atomic E-state index is 0.172. The van der Waals surface area contributed by atoms with Crippen molar-refractivity contribution in [3.05, 3.63) is 59.6 Å². The van der Waals surface area contributed by atoms with Crippen molar-refractivity contribution in [2.75, 3.05) is 5.32 Å². The van der Waals surface area contributed by atoms with E-state index in [2.05, 4.69) is 10.1 Å². The van der Waals surface area contributed by atoms with Crippen molar-refractivity contribution in [3.8, 4) is 5.75 Å². The van der Waals surface area contributed by atoms with Crippen LogP contribution in [-0.4, -0.2) is 24.3 Å². The number of hydrogen-bond acceptors (Lipinski definition) is 5. The lowest BCUT2D eigenvalue weighted by atomic mass is 10.3. The fourth-order valence-electron chi connectivity index (χ4n) is 1.84. The Balaban J connectivity index is 1.94. The van der Waals surface area contributed by atoms with Crippen LogP contribution in [-0.2, 0) is 9.53 Å². The third-order valence-corrected chi connectivity index (χ3v) is 3.04. The number of nitrogens with zero attached hydrogens (tertiary/aromatic N) is 1. The average Bonchev–Trinajstić information content (AvgIpc) is 2.55. The minimum Gasteiger partial charge on any atom is -0.618 e. The van der Waals surface area contributed by atoms with E-state index in [0.717, 1.165) is 18.3 Å². The Morgan fingerprint density at radius 3 is 2.38 bits per heavy atom. The van der Waals surface area contributed by atoms with Crippen LogP contribution < -0.4 is 14.8 Å². The molecule has 0 fully saturated rings. The first kappa shape index (κ1) is 19.0. The molecule has 1 amide bonds. The molecule has 0 bridgehead atoms. The number of carbonyl (C=O) groups excluding carboxylic acids is 2. The molecule has 1 aromatic heterocycles. The van der Waals surface area contributed by atoms with Gasteiger partial charge in [-0.3, -0.25) is 4.79 Å². The maximum absolute atomic E-state index is 12.1. The topological polar surface area (TPSA) is 91.6 Å². The number of hydrogen-bond donors (Lipinski definition) is 1. The van der Waals surface area contributed by atoms with E-state index >= 15 is 0 Å². The molecule has 1 N–H and O–H groups in total. The van der Waals surface area contributed by atoms with Crippen LogP contribution in [0.4, 0.5) is 18.9 Å². The normalized spacial score (nSPS) is 12.2. The van der Waals surface area contributed by atoms with Crippen molar-refractivity contribution in [2.45, 2.75) is 19.4 Å². The monoisotopic (exact) mass is 370 g/mol. The number of aromatic nitrogens is 1. The molecule has 0 spiro atoms. The highest BCUT2D eigenvalue weighted by Crippen LogP contribution is 2.24. The Morgan fingerprint density at radius 1 is 1.15 bits per heavy atom. The number of alkyl halides is 3. The van der Waals surface area contributed by atoms with Crippen molar-refractivity contribution >= 4 is 17.6 Å². The van der Waals surface area contributed by atoms with E-state index in [1.54, 1.807) is 0 Å². The number of halogens is 3. The van der Waals surface area contributed by atoms with E-state index in [9.17, 15) is 28.0 Å². The first-order valence-corrected chi connectivity index (χ1v) is 7.21. The van der Waals surface area contributed by atoms with Crippen LogP contribution in [0.25, 0.3) is 0 Å².